The second-order valence-corrected chi connectivity index (χ2v) is 5.48. The van der Waals surface area contributed by atoms with Crippen molar-refractivity contribution in [2.45, 2.75) is 31.9 Å². The van der Waals surface area contributed by atoms with E-state index in [1.807, 2.05) is 0 Å². The Kier molecular flexibility index (Phi) is 6.35. The fraction of sp³-hybridized carbons (Fsp3) is 0.400. The minimum Gasteiger partial charge on any atom is -0.479 e. The average Bonchev–Trinajstić information content (AvgIpc) is 2.44. The third-order valence-corrected chi connectivity index (χ3v) is 3.20. The Hall–Kier alpha value is -2.55. The van der Waals surface area contributed by atoms with Crippen molar-refractivity contribution in [3.63, 3.8) is 0 Å². The molecule has 4 N–H and O–H groups in total. The number of aliphatic carboxylic acids is 1. The van der Waals surface area contributed by atoms with Gasteiger partial charge in [0.25, 0.3) is 0 Å². The second kappa shape index (κ2) is 7.82. The zero-order chi connectivity index (χ0) is 18.5. The molecule has 0 aliphatic carbocycles. The number of aliphatic hydroxyl groups is 1. The summed E-state index contributed by atoms with van der Waals surface area (Å²) in [5.41, 5.74) is -2.26. The minimum absolute atomic E-state index is 0.0910. The van der Waals surface area contributed by atoms with Crippen LogP contribution in [0.3, 0.4) is 0 Å². The molecule has 1 aromatic carbocycles. The molecule has 1 rings (SSSR count). The highest BCUT2D eigenvalue weighted by atomic mass is 19.1. The molecular formula is C15H18F2N2O5. The number of benzene rings is 1. The van der Waals surface area contributed by atoms with Gasteiger partial charge in [0.15, 0.2) is 5.60 Å². The Morgan fingerprint density at radius 2 is 1.92 bits per heavy atom. The van der Waals surface area contributed by atoms with E-state index < -0.39 is 54.0 Å². The summed E-state index contributed by atoms with van der Waals surface area (Å²) in [5, 5.41) is 22.8. The van der Waals surface area contributed by atoms with Crippen LogP contribution in [0, 0.1) is 11.6 Å². The van der Waals surface area contributed by atoms with Crippen molar-refractivity contribution < 1.29 is 33.4 Å². The first kappa shape index (κ1) is 19.5. The van der Waals surface area contributed by atoms with Gasteiger partial charge in [-0.15, -0.1) is 0 Å². The number of amides is 2. The van der Waals surface area contributed by atoms with Gasteiger partial charge in [0.2, 0.25) is 11.8 Å². The van der Waals surface area contributed by atoms with E-state index in [0.29, 0.717) is 6.07 Å². The lowest BCUT2D eigenvalue weighted by Gasteiger charge is -2.21. The Morgan fingerprint density at radius 1 is 1.29 bits per heavy atom. The van der Waals surface area contributed by atoms with E-state index in [1.165, 1.54) is 6.92 Å². The lowest BCUT2D eigenvalue weighted by atomic mass is 10.0. The number of carboxylic acid groups (broad SMARTS) is 1. The van der Waals surface area contributed by atoms with Crippen LogP contribution in [0.5, 0.6) is 0 Å². The zero-order valence-electron chi connectivity index (χ0n) is 13.1. The van der Waals surface area contributed by atoms with E-state index >= 15 is 0 Å². The summed E-state index contributed by atoms with van der Waals surface area (Å²) in [6.07, 6.45) is -0.419. The van der Waals surface area contributed by atoms with Crippen LogP contribution in [0.1, 0.15) is 31.9 Å². The number of carbonyl (C=O) groups excluding carboxylic acids is 2. The molecule has 1 aromatic rings. The second-order valence-electron chi connectivity index (χ2n) is 5.48. The van der Waals surface area contributed by atoms with Crippen molar-refractivity contribution in [1.29, 1.82) is 0 Å². The third-order valence-electron chi connectivity index (χ3n) is 3.20. The average molecular weight is 344 g/mol. The molecule has 0 aliphatic heterocycles. The highest BCUT2D eigenvalue weighted by molar-refractivity contribution is 5.81. The van der Waals surface area contributed by atoms with Gasteiger partial charge in [-0.25, -0.2) is 13.6 Å². The van der Waals surface area contributed by atoms with E-state index in [-0.39, 0.29) is 5.56 Å². The fourth-order valence-electron chi connectivity index (χ4n) is 1.87. The van der Waals surface area contributed by atoms with Crippen LogP contribution in [0.25, 0.3) is 0 Å². The number of halogens is 2. The van der Waals surface area contributed by atoms with E-state index in [9.17, 15) is 28.3 Å². The molecule has 0 radical (unpaired) electrons. The molecule has 24 heavy (non-hydrogen) atoms. The molecule has 9 heteroatoms. The van der Waals surface area contributed by atoms with Crippen molar-refractivity contribution in [2.24, 2.45) is 0 Å². The molecule has 0 spiro atoms. The van der Waals surface area contributed by atoms with Crippen LogP contribution in [0.4, 0.5) is 8.78 Å². The van der Waals surface area contributed by atoms with Crippen molar-refractivity contribution in [3.05, 3.63) is 35.4 Å². The SMILES string of the molecule is CC(=O)NC(CC(=O)NCC(C)(O)C(=O)O)c1ccc(F)cc1F. The molecule has 0 heterocycles. The summed E-state index contributed by atoms with van der Waals surface area (Å²) in [6.45, 7) is 1.60. The van der Waals surface area contributed by atoms with Crippen molar-refractivity contribution >= 4 is 17.8 Å². The predicted octanol–water partition coefficient (Wildman–Crippen LogP) is 0.484. The number of rotatable bonds is 7. The molecule has 132 valence electrons. The maximum atomic E-state index is 13.8. The Bertz CT molecular complexity index is 649. The summed E-state index contributed by atoms with van der Waals surface area (Å²) >= 11 is 0. The van der Waals surface area contributed by atoms with Gasteiger partial charge in [0.05, 0.1) is 19.0 Å². The summed E-state index contributed by atoms with van der Waals surface area (Å²) in [4.78, 5) is 33.9. The summed E-state index contributed by atoms with van der Waals surface area (Å²) in [5.74, 6) is -4.52. The molecule has 7 nitrogen and oxygen atoms in total. The van der Waals surface area contributed by atoms with Gasteiger partial charge in [0.1, 0.15) is 11.6 Å². The highest BCUT2D eigenvalue weighted by Crippen LogP contribution is 2.21. The van der Waals surface area contributed by atoms with Gasteiger partial charge >= 0.3 is 5.97 Å². The van der Waals surface area contributed by atoms with Crippen LogP contribution in [0.15, 0.2) is 18.2 Å². The highest BCUT2D eigenvalue weighted by Gasteiger charge is 2.30. The topological polar surface area (TPSA) is 116 Å². The normalized spacial score (nSPS) is 14.4. The van der Waals surface area contributed by atoms with Gasteiger partial charge in [-0.05, 0) is 13.0 Å². The fourth-order valence-corrected chi connectivity index (χ4v) is 1.87. The van der Waals surface area contributed by atoms with E-state index in [1.54, 1.807) is 0 Å². The Morgan fingerprint density at radius 3 is 2.42 bits per heavy atom. The van der Waals surface area contributed by atoms with Crippen molar-refractivity contribution in [3.8, 4) is 0 Å². The minimum atomic E-state index is -2.17. The first-order valence-corrected chi connectivity index (χ1v) is 6.97. The zero-order valence-corrected chi connectivity index (χ0v) is 13.1. The third kappa shape index (κ3) is 5.58. The first-order chi connectivity index (χ1) is 11.0. The lowest BCUT2D eigenvalue weighted by Crippen LogP contribution is -2.47. The van der Waals surface area contributed by atoms with Gasteiger partial charge in [-0.2, -0.15) is 0 Å². The Labute approximate surface area is 136 Å². The van der Waals surface area contributed by atoms with E-state index in [2.05, 4.69) is 10.6 Å². The summed E-state index contributed by atoms with van der Waals surface area (Å²) in [6, 6.07) is 1.64. The number of carbonyl (C=O) groups is 3. The first-order valence-electron chi connectivity index (χ1n) is 6.97. The Balaban J connectivity index is 2.85. The van der Waals surface area contributed by atoms with Crippen LogP contribution in [-0.4, -0.2) is 40.1 Å². The maximum absolute atomic E-state index is 13.8. The van der Waals surface area contributed by atoms with Crippen LogP contribution in [-0.2, 0) is 14.4 Å². The smallest absolute Gasteiger partial charge is 0.337 e. The molecule has 0 fully saturated rings. The molecule has 0 saturated heterocycles. The number of hydrogen-bond donors (Lipinski definition) is 4. The van der Waals surface area contributed by atoms with Crippen LogP contribution >= 0.6 is 0 Å². The number of nitrogens with one attached hydrogen (secondary N) is 2. The van der Waals surface area contributed by atoms with E-state index in [0.717, 1.165) is 19.1 Å². The standard InChI is InChI=1S/C15H18F2N2O5/c1-8(20)19-12(10-4-3-9(16)5-11(10)17)6-13(21)18-7-15(2,24)14(22)23/h3-5,12,24H,6-7H2,1-2H3,(H,18,21)(H,19,20)(H,22,23). The molecule has 0 saturated carbocycles. The predicted molar refractivity (Wildman–Crippen MR) is 78.8 cm³/mol. The molecule has 0 aromatic heterocycles. The monoisotopic (exact) mass is 344 g/mol. The van der Waals surface area contributed by atoms with Crippen molar-refractivity contribution in [2.75, 3.05) is 6.54 Å². The van der Waals surface area contributed by atoms with Gasteiger partial charge < -0.3 is 20.8 Å². The molecule has 2 atom stereocenters. The van der Waals surface area contributed by atoms with Crippen LogP contribution < -0.4 is 10.6 Å². The molecule has 2 unspecified atom stereocenters. The van der Waals surface area contributed by atoms with Crippen LogP contribution in [0.2, 0.25) is 0 Å². The van der Waals surface area contributed by atoms with E-state index in [4.69, 9.17) is 5.11 Å². The quantitative estimate of drug-likeness (QED) is 0.574. The number of hydrogen-bond acceptors (Lipinski definition) is 4. The van der Waals surface area contributed by atoms with Crippen molar-refractivity contribution in [1.82, 2.24) is 10.6 Å². The summed E-state index contributed by atoms with van der Waals surface area (Å²) < 4.78 is 26.8. The summed E-state index contributed by atoms with van der Waals surface area (Å²) in [7, 11) is 0. The lowest BCUT2D eigenvalue weighted by molar-refractivity contribution is -0.156. The molecule has 0 bridgehead atoms. The maximum Gasteiger partial charge on any atom is 0.337 e. The molecule has 0 aliphatic rings. The van der Waals surface area contributed by atoms with Gasteiger partial charge in [0, 0.05) is 18.6 Å². The molecule has 2 amide bonds. The largest absolute Gasteiger partial charge is 0.479 e. The number of carboxylic acids is 1. The van der Waals surface area contributed by atoms with Gasteiger partial charge in [-0.1, -0.05) is 6.07 Å². The van der Waals surface area contributed by atoms with Gasteiger partial charge in [-0.3, -0.25) is 9.59 Å². The molecular weight excluding hydrogens is 326 g/mol.